The first-order valence-electron chi connectivity index (χ1n) is 5.99. The number of aliphatic hydroxyl groups is 1. The van der Waals surface area contributed by atoms with Gasteiger partial charge in [0.1, 0.15) is 0 Å². The standard InChI is InChI=1S/C15H17NO2/c1-11-8-14(17)9-12(2)16(11)10-15(18)13-6-4-3-5-7-13/h3-9,15,18H,10H2,1-2H3. The van der Waals surface area contributed by atoms with Gasteiger partial charge in [0.25, 0.3) is 0 Å². The fourth-order valence-electron chi connectivity index (χ4n) is 2.13. The average Bonchev–Trinajstić information content (AvgIpc) is 2.34. The number of aryl methyl sites for hydroxylation is 2. The molecule has 0 fully saturated rings. The molecule has 0 aliphatic carbocycles. The Kier molecular flexibility index (Phi) is 3.63. The van der Waals surface area contributed by atoms with Crippen LogP contribution < -0.4 is 5.43 Å². The lowest BCUT2D eigenvalue weighted by Gasteiger charge is -2.18. The number of aliphatic hydroxyl groups excluding tert-OH is 1. The van der Waals surface area contributed by atoms with Crippen molar-refractivity contribution in [1.82, 2.24) is 4.57 Å². The first-order chi connectivity index (χ1) is 8.58. The highest BCUT2D eigenvalue weighted by atomic mass is 16.3. The molecule has 94 valence electrons. The monoisotopic (exact) mass is 243 g/mol. The van der Waals surface area contributed by atoms with E-state index in [0.29, 0.717) is 6.54 Å². The molecule has 18 heavy (non-hydrogen) atoms. The van der Waals surface area contributed by atoms with Crippen LogP contribution >= 0.6 is 0 Å². The van der Waals surface area contributed by atoms with E-state index in [1.54, 1.807) is 12.1 Å². The van der Waals surface area contributed by atoms with E-state index in [1.165, 1.54) is 0 Å². The molecule has 2 rings (SSSR count). The van der Waals surface area contributed by atoms with Crippen molar-refractivity contribution in [2.45, 2.75) is 26.5 Å². The molecule has 0 saturated carbocycles. The van der Waals surface area contributed by atoms with Crippen LogP contribution in [0.3, 0.4) is 0 Å². The average molecular weight is 243 g/mol. The topological polar surface area (TPSA) is 42.2 Å². The Bertz CT molecular complexity index is 561. The number of aromatic nitrogens is 1. The van der Waals surface area contributed by atoms with Crippen molar-refractivity contribution in [2.75, 3.05) is 0 Å². The van der Waals surface area contributed by atoms with Crippen LogP contribution in [0.4, 0.5) is 0 Å². The number of hydrogen-bond acceptors (Lipinski definition) is 2. The molecule has 1 unspecified atom stereocenters. The van der Waals surface area contributed by atoms with Gasteiger partial charge in [0.05, 0.1) is 12.6 Å². The van der Waals surface area contributed by atoms with Crippen LogP contribution in [0.1, 0.15) is 23.1 Å². The number of pyridine rings is 1. The Morgan fingerprint density at radius 2 is 1.67 bits per heavy atom. The minimum absolute atomic E-state index is 0.00968. The van der Waals surface area contributed by atoms with Crippen LogP contribution in [-0.2, 0) is 6.54 Å². The third kappa shape index (κ3) is 2.68. The van der Waals surface area contributed by atoms with E-state index in [0.717, 1.165) is 17.0 Å². The summed E-state index contributed by atoms with van der Waals surface area (Å²) in [7, 11) is 0. The maximum atomic E-state index is 11.3. The Morgan fingerprint density at radius 1 is 1.11 bits per heavy atom. The Balaban J connectivity index is 2.27. The van der Waals surface area contributed by atoms with Crippen molar-refractivity contribution in [3.05, 3.63) is 69.6 Å². The summed E-state index contributed by atoms with van der Waals surface area (Å²) in [6.07, 6.45) is -0.564. The normalized spacial score (nSPS) is 12.4. The summed E-state index contributed by atoms with van der Waals surface area (Å²) < 4.78 is 1.96. The molecule has 1 N–H and O–H groups in total. The molecule has 0 aliphatic rings. The summed E-state index contributed by atoms with van der Waals surface area (Å²) in [5.41, 5.74) is 2.63. The molecule has 1 atom stereocenters. The van der Waals surface area contributed by atoms with Gasteiger partial charge in [-0.25, -0.2) is 0 Å². The highest BCUT2D eigenvalue weighted by molar-refractivity contribution is 5.18. The van der Waals surface area contributed by atoms with Crippen molar-refractivity contribution in [1.29, 1.82) is 0 Å². The Morgan fingerprint density at radius 3 is 2.22 bits per heavy atom. The fourth-order valence-corrected chi connectivity index (χ4v) is 2.13. The van der Waals surface area contributed by atoms with Crippen molar-refractivity contribution >= 4 is 0 Å². The number of nitrogens with zero attached hydrogens (tertiary/aromatic N) is 1. The van der Waals surface area contributed by atoms with Crippen molar-refractivity contribution in [3.8, 4) is 0 Å². The summed E-state index contributed by atoms with van der Waals surface area (Å²) >= 11 is 0. The van der Waals surface area contributed by atoms with Gasteiger partial charge in [-0.1, -0.05) is 30.3 Å². The lowest BCUT2D eigenvalue weighted by Crippen LogP contribution is -2.17. The second-order valence-corrected chi connectivity index (χ2v) is 4.51. The fraction of sp³-hybridized carbons (Fsp3) is 0.267. The molecule has 0 bridgehead atoms. The third-order valence-corrected chi connectivity index (χ3v) is 3.09. The molecule has 0 amide bonds. The second-order valence-electron chi connectivity index (χ2n) is 4.51. The zero-order valence-corrected chi connectivity index (χ0v) is 10.6. The van der Waals surface area contributed by atoms with E-state index >= 15 is 0 Å². The first-order valence-corrected chi connectivity index (χ1v) is 5.99. The van der Waals surface area contributed by atoms with Gasteiger partial charge in [0.15, 0.2) is 5.43 Å². The van der Waals surface area contributed by atoms with Crippen LogP contribution in [0, 0.1) is 13.8 Å². The van der Waals surface area contributed by atoms with Gasteiger partial charge in [-0.2, -0.15) is 0 Å². The van der Waals surface area contributed by atoms with Crippen molar-refractivity contribution in [2.24, 2.45) is 0 Å². The summed E-state index contributed by atoms with van der Waals surface area (Å²) in [6, 6.07) is 12.7. The van der Waals surface area contributed by atoms with Gasteiger partial charge in [-0.3, -0.25) is 4.79 Å². The number of hydrogen-bond donors (Lipinski definition) is 1. The van der Waals surface area contributed by atoms with Gasteiger partial charge in [-0.05, 0) is 19.4 Å². The molecule has 2 aromatic rings. The predicted octanol–water partition coefficient (Wildman–Crippen LogP) is 2.20. The molecular weight excluding hydrogens is 226 g/mol. The molecule has 0 aliphatic heterocycles. The zero-order chi connectivity index (χ0) is 13.1. The minimum atomic E-state index is -0.564. The zero-order valence-electron chi connectivity index (χ0n) is 10.6. The van der Waals surface area contributed by atoms with Gasteiger partial charge in [0, 0.05) is 23.5 Å². The van der Waals surface area contributed by atoms with E-state index in [-0.39, 0.29) is 5.43 Å². The third-order valence-electron chi connectivity index (χ3n) is 3.09. The number of benzene rings is 1. The van der Waals surface area contributed by atoms with E-state index < -0.39 is 6.10 Å². The maximum Gasteiger partial charge on any atom is 0.182 e. The van der Waals surface area contributed by atoms with Gasteiger partial charge < -0.3 is 9.67 Å². The summed E-state index contributed by atoms with van der Waals surface area (Å²) in [6.45, 7) is 4.22. The molecule has 3 nitrogen and oxygen atoms in total. The minimum Gasteiger partial charge on any atom is -0.387 e. The van der Waals surface area contributed by atoms with Crippen LogP contribution in [-0.4, -0.2) is 9.67 Å². The molecular formula is C15H17NO2. The van der Waals surface area contributed by atoms with Crippen LogP contribution in [0.15, 0.2) is 47.3 Å². The molecule has 0 spiro atoms. The summed E-state index contributed by atoms with van der Waals surface area (Å²) in [5, 5.41) is 10.2. The molecule has 3 heteroatoms. The summed E-state index contributed by atoms with van der Waals surface area (Å²) in [4.78, 5) is 11.3. The molecule has 1 aromatic carbocycles. The highest BCUT2D eigenvalue weighted by Gasteiger charge is 2.10. The van der Waals surface area contributed by atoms with E-state index in [4.69, 9.17) is 0 Å². The van der Waals surface area contributed by atoms with Gasteiger partial charge in [0.2, 0.25) is 0 Å². The second kappa shape index (κ2) is 5.19. The van der Waals surface area contributed by atoms with Crippen LogP contribution in [0.25, 0.3) is 0 Å². The SMILES string of the molecule is Cc1cc(=O)cc(C)n1CC(O)c1ccccc1. The molecule has 0 saturated heterocycles. The quantitative estimate of drug-likeness (QED) is 0.898. The largest absolute Gasteiger partial charge is 0.387 e. The lowest BCUT2D eigenvalue weighted by molar-refractivity contribution is 0.154. The van der Waals surface area contributed by atoms with Crippen molar-refractivity contribution < 1.29 is 5.11 Å². The molecule has 1 heterocycles. The van der Waals surface area contributed by atoms with Gasteiger partial charge in [-0.15, -0.1) is 0 Å². The van der Waals surface area contributed by atoms with E-state index in [9.17, 15) is 9.90 Å². The Labute approximate surface area is 106 Å². The van der Waals surface area contributed by atoms with Crippen LogP contribution in [0.5, 0.6) is 0 Å². The molecule has 0 radical (unpaired) electrons. The first kappa shape index (κ1) is 12.6. The Hall–Kier alpha value is -1.87. The van der Waals surface area contributed by atoms with E-state index in [2.05, 4.69) is 0 Å². The van der Waals surface area contributed by atoms with Crippen molar-refractivity contribution in [3.63, 3.8) is 0 Å². The van der Waals surface area contributed by atoms with Gasteiger partial charge >= 0.3 is 0 Å². The van der Waals surface area contributed by atoms with E-state index in [1.807, 2.05) is 48.7 Å². The highest BCUT2D eigenvalue weighted by Crippen LogP contribution is 2.16. The van der Waals surface area contributed by atoms with Crippen LogP contribution in [0.2, 0.25) is 0 Å². The predicted molar refractivity (Wildman–Crippen MR) is 71.6 cm³/mol. The summed E-state index contributed by atoms with van der Waals surface area (Å²) in [5.74, 6) is 0. The number of rotatable bonds is 3. The maximum absolute atomic E-state index is 11.3. The lowest BCUT2D eigenvalue weighted by atomic mass is 10.1. The smallest absolute Gasteiger partial charge is 0.182 e. The molecule has 1 aromatic heterocycles.